The number of urea groups is 1. The molecule has 1 heterocycles. The molecule has 2 amide bonds. The van der Waals surface area contributed by atoms with Crippen molar-refractivity contribution in [2.24, 2.45) is 5.92 Å². The zero-order valence-electron chi connectivity index (χ0n) is 16.3. The summed E-state index contributed by atoms with van der Waals surface area (Å²) in [5, 5.41) is 12.3. The first-order valence-corrected chi connectivity index (χ1v) is 9.60. The summed E-state index contributed by atoms with van der Waals surface area (Å²) in [6, 6.07) is 11.8. The minimum absolute atomic E-state index is 0.0669. The highest BCUT2D eigenvalue weighted by Gasteiger charge is 2.28. The van der Waals surface area contributed by atoms with Gasteiger partial charge in [-0.05, 0) is 68.7 Å². The number of benzene rings is 2. The van der Waals surface area contributed by atoms with Crippen molar-refractivity contribution in [1.29, 1.82) is 0 Å². The highest BCUT2D eigenvalue weighted by molar-refractivity contribution is 5.98. The molecule has 28 heavy (non-hydrogen) atoms. The molecule has 1 aliphatic rings. The van der Waals surface area contributed by atoms with Crippen LogP contribution in [0.15, 0.2) is 42.5 Å². The quantitative estimate of drug-likeness (QED) is 0.759. The van der Waals surface area contributed by atoms with Crippen molar-refractivity contribution in [3.8, 4) is 11.5 Å². The second-order valence-electron chi connectivity index (χ2n) is 7.04. The summed E-state index contributed by atoms with van der Waals surface area (Å²) in [5.41, 5.74) is 2.32. The zero-order chi connectivity index (χ0) is 20.1. The van der Waals surface area contributed by atoms with Crippen LogP contribution < -0.4 is 10.1 Å². The molecule has 2 aromatic rings. The summed E-state index contributed by atoms with van der Waals surface area (Å²) >= 11 is 0. The average Bonchev–Trinajstić information content (AvgIpc) is 2.70. The number of ether oxygens (including phenoxy) is 1. The third kappa shape index (κ3) is 4.63. The highest BCUT2D eigenvalue weighted by Crippen LogP contribution is 2.27. The highest BCUT2D eigenvalue weighted by atomic mass is 16.5. The monoisotopic (exact) mass is 382 g/mol. The standard InChI is InChI=1S/C22H26N2O4/c1-3-28-20-14-15(2)4-9-19(20)23-22(27)24-12-10-17(11-13-24)21(26)16-5-7-18(25)8-6-16/h4-9,14,17,25H,3,10-13H2,1-2H3,(H,23,27). The first kappa shape index (κ1) is 19.7. The number of hydrogen-bond acceptors (Lipinski definition) is 4. The van der Waals surface area contributed by atoms with Crippen LogP contribution in [0.4, 0.5) is 10.5 Å². The van der Waals surface area contributed by atoms with Crippen LogP contribution in [-0.2, 0) is 0 Å². The van der Waals surface area contributed by atoms with Gasteiger partial charge in [0.1, 0.15) is 11.5 Å². The number of carbonyl (C=O) groups excluding carboxylic acids is 2. The summed E-state index contributed by atoms with van der Waals surface area (Å²) in [4.78, 5) is 27.0. The van der Waals surface area contributed by atoms with E-state index in [1.54, 1.807) is 17.0 Å². The summed E-state index contributed by atoms with van der Waals surface area (Å²) in [6.07, 6.45) is 1.25. The van der Waals surface area contributed by atoms with Crippen molar-refractivity contribution in [3.63, 3.8) is 0 Å². The molecule has 1 saturated heterocycles. The van der Waals surface area contributed by atoms with Gasteiger partial charge >= 0.3 is 6.03 Å². The number of ketones is 1. The van der Waals surface area contributed by atoms with Gasteiger partial charge in [-0.25, -0.2) is 4.79 Å². The van der Waals surface area contributed by atoms with Gasteiger partial charge in [-0.15, -0.1) is 0 Å². The Morgan fingerprint density at radius 3 is 2.46 bits per heavy atom. The molecule has 0 atom stereocenters. The molecule has 1 fully saturated rings. The summed E-state index contributed by atoms with van der Waals surface area (Å²) in [5.74, 6) is 0.767. The molecular weight excluding hydrogens is 356 g/mol. The predicted octanol–water partition coefficient (Wildman–Crippen LogP) is 4.23. The lowest BCUT2D eigenvalue weighted by molar-refractivity contribution is 0.0859. The Balaban J connectivity index is 1.58. The molecular formula is C22H26N2O4. The topological polar surface area (TPSA) is 78.9 Å². The van der Waals surface area contributed by atoms with Crippen LogP contribution in [0.2, 0.25) is 0 Å². The number of hydrogen-bond donors (Lipinski definition) is 2. The van der Waals surface area contributed by atoms with Gasteiger partial charge in [0.2, 0.25) is 0 Å². The second-order valence-corrected chi connectivity index (χ2v) is 7.04. The molecule has 2 aromatic carbocycles. The Bertz CT molecular complexity index is 840. The Morgan fingerprint density at radius 2 is 1.82 bits per heavy atom. The van der Waals surface area contributed by atoms with Crippen molar-refractivity contribution >= 4 is 17.5 Å². The van der Waals surface area contributed by atoms with Gasteiger partial charge in [-0.2, -0.15) is 0 Å². The fraction of sp³-hybridized carbons (Fsp3) is 0.364. The third-order valence-electron chi connectivity index (χ3n) is 4.98. The Labute approximate surface area is 165 Å². The number of Topliss-reactive ketones (excluding diaryl/α,β-unsaturated/α-hetero) is 1. The summed E-state index contributed by atoms with van der Waals surface area (Å²) in [6.45, 7) is 5.46. The lowest BCUT2D eigenvalue weighted by Gasteiger charge is -2.31. The number of aromatic hydroxyl groups is 1. The lowest BCUT2D eigenvalue weighted by Crippen LogP contribution is -2.42. The van der Waals surface area contributed by atoms with Crippen LogP contribution in [0.3, 0.4) is 0 Å². The van der Waals surface area contributed by atoms with E-state index in [-0.39, 0.29) is 23.5 Å². The maximum atomic E-state index is 12.6. The van der Waals surface area contributed by atoms with Crippen molar-refractivity contribution in [3.05, 3.63) is 53.6 Å². The van der Waals surface area contributed by atoms with Crippen LogP contribution in [0, 0.1) is 12.8 Å². The van der Waals surface area contributed by atoms with E-state index in [1.165, 1.54) is 12.1 Å². The molecule has 0 aromatic heterocycles. The molecule has 0 bridgehead atoms. The smallest absolute Gasteiger partial charge is 0.321 e. The number of amides is 2. The Kier molecular flexibility index (Phi) is 6.19. The molecule has 1 aliphatic heterocycles. The number of phenolic OH excluding ortho intramolecular Hbond substituents is 1. The molecule has 148 valence electrons. The maximum Gasteiger partial charge on any atom is 0.321 e. The van der Waals surface area contributed by atoms with E-state index >= 15 is 0 Å². The molecule has 0 saturated carbocycles. The van der Waals surface area contributed by atoms with Gasteiger partial charge in [-0.3, -0.25) is 4.79 Å². The van der Waals surface area contributed by atoms with Crippen molar-refractivity contribution in [2.45, 2.75) is 26.7 Å². The number of piperidine rings is 1. The number of rotatable bonds is 5. The summed E-state index contributed by atoms with van der Waals surface area (Å²) < 4.78 is 5.62. The molecule has 6 nitrogen and oxygen atoms in total. The van der Waals surface area contributed by atoms with Gasteiger partial charge in [0, 0.05) is 24.6 Å². The SMILES string of the molecule is CCOc1cc(C)ccc1NC(=O)N1CCC(C(=O)c2ccc(O)cc2)CC1. The predicted molar refractivity (Wildman–Crippen MR) is 108 cm³/mol. The number of likely N-dealkylation sites (tertiary alicyclic amines) is 1. The van der Waals surface area contributed by atoms with Crippen LogP contribution in [0.1, 0.15) is 35.7 Å². The number of phenols is 1. The average molecular weight is 382 g/mol. The first-order valence-electron chi connectivity index (χ1n) is 9.60. The number of carbonyl (C=O) groups is 2. The van der Waals surface area contributed by atoms with Gasteiger partial charge < -0.3 is 20.1 Å². The van der Waals surface area contributed by atoms with E-state index in [2.05, 4.69) is 5.32 Å². The third-order valence-corrected chi connectivity index (χ3v) is 4.98. The Morgan fingerprint density at radius 1 is 1.14 bits per heavy atom. The van der Waals surface area contributed by atoms with E-state index in [4.69, 9.17) is 4.74 Å². The molecule has 6 heteroatoms. The normalized spacial score (nSPS) is 14.6. The van der Waals surface area contributed by atoms with Gasteiger partial charge in [0.25, 0.3) is 0 Å². The van der Waals surface area contributed by atoms with Gasteiger partial charge in [0.05, 0.1) is 12.3 Å². The first-order chi connectivity index (χ1) is 13.5. The van der Waals surface area contributed by atoms with Crippen molar-refractivity contribution in [1.82, 2.24) is 4.90 Å². The Hall–Kier alpha value is -3.02. The van der Waals surface area contributed by atoms with Gasteiger partial charge in [0.15, 0.2) is 5.78 Å². The molecule has 0 radical (unpaired) electrons. The van der Waals surface area contributed by atoms with E-state index < -0.39 is 0 Å². The van der Waals surface area contributed by atoms with Crippen molar-refractivity contribution < 1.29 is 19.4 Å². The number of nitrogens with one attached hydrogen (secondary N) is 1. The van der Waals surface area contributed by atoms with Crippen LogP contribution >= 0.6 is 0 Å². The summed E-state index contributed by atoms with van der Waals surface area (Å²) in [7, 11) is 0. The maximum absolute atomic E-state index is 12.6. The molecule has 0 unspecified atom stereocenters. The molecule has 3 rings (SSSR count). The van der Waals surface area contributed by atoms with E-state index in [0.29, 0.717) is 49.5 Å². The van der Waals surface area contributed by atoms with E-state index in [9.17, 15) is 14.7 Å². The zero-order valence-corrected chi connectivity index (χ0v) is 16.3. The van der Waals surface area contributed by atoms with Crippen molar-refractivity contribution in [2.75, 3.05) is 25.0 Å². The number of aryl methyl sites for hydroxylation is 1. The molecule has 0 spiro atoms. The fourth-order valence-electron chi connectivity index (χ4n) is 3.41. The molecule has 0 aliphatic carbocycles. The second kappa shape index (κ2) is 8.78. The largest absolute Gasteiger partial charge is 0.508 e. The number of nitrogens with zero attached hydrogens (tertiary/aromatic N) is 1. The van der Waals surface area contributed by atoms with Gasteiger partial charge in [-0.1, -0.05) is 6.07 Å². The number of anilines is 1. The minimum atomic E-state index is -0.180. The minimum Gasteiger partial charge on any atom is -0.508 e. The fourth-order valence-corrected chi connectivity index (χ4v) is 3.41. The van der Waals surface area contributed by atoms with E-state index in [0.717, 1.165) is 5.56 Å². The molecule has 2 N–H and O–H groups in total. The van der Waals surface area contributed by atoms with Crippen LogP contribution in [-0.4, -0.2) is 41.5 Å². The lowest BCUT2D eigenvalue weighted by atomic mass is 9.89. The van der Waals surface area contributed by atoms with E-state index in [1.807, 2.05) is 32.0 Å². The van der Waals surface area contributed by atoms with Crippen LogP contribution in [0.25, 0.3) is 0 Å². The van der Waals surface area contributed by atoms with Crippen LogP contribution in [0.5, 0.6) is 11.5 Å².